The molecule has 3 rings (SSSR count). The van der Waals surface area contributed by atoms with E-state index >= 15 is 0 Å². The Bertz CT molecular complexity index is 357. The van der Waals surface area contributed by atoms with Gasteiger partial charge in [-0.3, -0.25) is 0 Å². The fourth-order valence-electron chi connectivity index (χ4n) is 3.16. The minimum Gasteiger partial charge on any atom is -0.487 e. The van der Waals surface area contributed by atoms with Crippen LogP contribution in [0.3, 0.4) is 0 Å². The highest BCUT2D eigenvalue weighted by molar-refractivity contribution is 5.37. The monoisotopic (exact) mass is 232 g/mol. The van der Waals surface area contributed by atoms with Gasteiger partial charge in [0.05, 0.1) is 6.10 Å². The number of hydrogen-bond donors (Lipinski definition) is 1. The lowest BCUT2D eigenvalue weighted by atomic mass is 9.95. The summed E-state index contributed by atoms with van der Waals surface area (Å²) in [5, 5.41) is 10.3. The molecule has 2 atom stereocenters. The fourth-order valence-corrected chi connectivity index (χ4v) is 3.16. The van der Waals surface area contributed by atoms with Crippen molar-refractivity contribution in [1.82, 2.24) is 0 Å². The van der Waals surface area contributed by atoms with Gasteiger partial charge in [0.2, 0.25) is 0 Å². The zero-order valence-corrected chi connectivity index (χ0v) is 10.1. The van der Waals surface area contributed by atoms with Crippen molar-refractivity contribution in [2.75, 3.05) is 0 Å². The van der Waals surface area contributed by atoms with Gasteiger partial charge in [-0.15, -0.1) is 0 Å². The molecule has 0 aromatic heterocycles. The predicted molar refractivity (Wildman–Crippen MR) is 67.1 cm³/mol. The number of ether oxygens (including phenoxy) is 1. The van der Waals surface area contributed by atoms with Gasteiger partial charge in [-0.2, -0.15) is 0 Å². The van der Waals surface area contributed by atoms with Crippen LogP contribution in [0.2, 0.25) is 0 Å². The standard InChI is InChI=1S/C15H20O2/c16-13(9-11-5-1-2-6-11)15-10-12-7-3-4-8-14(12)17-15/h3-4,7-8,11,13,15-16H,1-2,5-6,9-10H2. The molecule has 1 heterocycles. The first-order chi connectivity index (χ1) is 8.33. The second kappa shape index (κ2) is 4.69. The molecule has 0 spiro atoms. The average molecular weight is 232 g/mol. The van der Waals surface area contributed by atoms with Crippen molar-refractivity contribution in [3.63, 3.8) is 0 Å². The van der Waals surface area contributed by atoms with E-state index in [4.69, 9.17) is 4.74 Å². The Balaban J connectivity index is 1.60. The van der Waals surface area contributed by atoms with Crippen molar-refractivity contribution in [2.45, 2.75) is 50.7 Å². The normalized spacial score (nSPS) is 25.6. The minimum absolute atomic E-state index is 0.0204. The van der Waals surface area contributed by atoms with Gasteiger partial charge in [0.1, 0.15) is 11.9 Å². The number of aliphatic hydroxyl groups excluding tert-OH is 1. The van der Waals surface area contributed by atoms with Crippen LogP contribution in [0.15, 0.2) is 24.3 Å². The summed E-state index contributed by atoms with van der Waals surface area (Å²) < 4.78 is 5.83. The number of benzene rings is 1. The molecule has 2 aliphatic rings. The highest BCUT2D eigenvalue weighted by atomic mass is 16.5. The lowest BCUT2D eigenvalue weighted by molar-refractivity contribution is 0.0330. The maximum atomic E-state index is 10.3. The van der Waals surface area contributed by atoms with Gasteiger partial charge in [0.25, 0.3) is 0 Å². The number of para-hydroxylation sites is 1. The largest absolute Gasteiger partial charge is 0.487 e. The van der Waals surface area contributed by atoms with Gasteiger partial charge >= 0.3 is 0 Å². The summed E-state index contributed by atoms with van der Waals surface area (Å²) in [7, 11) is 0. The quantitative estimate of drug-likeness (QED) is 0.868. The van der Waals surface area contributed by atoms with E-state index in [9.17, 15) is 5.11 Å². The van der Waals surface area contributed by atoms with Crippen molar-refractivity contribution >= 4 is 0 Å². The van der Waals surface area contributed by atoms with Crippen molar-refractivity contribution in [2.24, 2.45) is 5.92 Å². The summed E-state index contributed by atoms with van der Waals surface area (Å²) in [4.78, 5) is 0. The number of aliphatic hydroxyl groups is 1. The molecule has 92 valence electrons. The van der Waals surface area contributed by atoms with Crippen LogP contribution in [-0.2, 0) is 6.42 Å². The van der Waals surface area contributed by atoms with Crippen LogP contribution >= 0.6 is 0 Å². The Morgan fingerprint density at radius 1 is 1.24 bits per heavy atom. The van der Waals surface area contributed by atoms with Crippen LogP contribution in [0.25, 0.3) is 0 Å². The smallest absolute Gasteiger partial charge is 0.129 e. The first kappa shape index (κ1) is 11.1. The SMILES string of the molecule is OC(CC1CCCC1)C1Cc2ccccc2O1. The van der Waals surface area contributed by atoms with Gasteiger partial charge in [-0.25, -0.2) is 0 Å². The molecule has 1 saturated carbocycles. The molecule has 0 amide bonds. The van der Waals surface area contributed by atoms with E-state index in [1.807, 2.05) is 18.2 Å². The van der Waals surface area contributed by atoms with Gasteiger partial charge in [0, 0.05) is 6.42 Å². The Morgan fingerprint density at radius 3 is 2.76 bits per heavy atom. The maximum absolute atomic E-state index is 10.3. The number of fused-ring (bicyclic) bond motifs is 1. The van der Waals surface area contributed by atoms with E-state index in [0.29, 0.717) is 0 Å². The molecule has 1 fully saturated rings. The Morgan fingerprint density at radius 2 is 2.00 bits per heavy atom. The molecular weight excluding hydrogens is 212 g/mol. The van der Waals surface area contributed by atoms with E-state index < -0.39 is 0 Å². The Hall–Kier alpha value is -1.02. The molecular formula is C15H20O2. The topological polar surface area (TPSA) is 29.5 Å². The first-order valence-electron chi connectivity index (χ1n) is 6.75. The molecule has 2 heteroatoms. The molecule has 17 heavy (non-hydrogen) atoms. The fraction of sp³-hybridized carbons (Fsp3) is 0.600. The Kier molecular flexibility index (Phi) is 3.06. The third-order valence-corrected chi connectivity index (χ3v) is 4.15. The highest BCUT2D eigenvalue weighted by Gasteiger charge is 2.31. The van der Waals surface area contributed by atoms with Gasteiger partial charge < -0.3 is 9.84 Å². The van der Waals surface area contributed by atoms with Crippen molar-refractivity contribution < 1.29 is 9.84 Å². The zero-order chi connectivity index (χ0) is 11.7. The van der Waals surface area contributed by atoms with E-state index in [-0.39, 0.29) is 12.2 Å². The molecule has 0 saturated heterocycles. The first-order valence-corrected chi connectivity index (χ1v) is 6.75. The van der Waals surface area contributed by atoms with Gasteiger partial charge in [0.15, 0.2) is 0 Å². The van der Waals surface area contributed by atoms with Crippen LogP contribution in [0.5, 0.6) is 5.75 Å². The minimum atomic E-state index is -0.300. The van der Waals surface area contributed by atoms with Crippen LogP contribution in [0.4, 0.5) is 0 Å². The summed E-state index contributed by atoms with van der Waals surface area (Å²) in [6.45, 7) is 0. The van der Waals surface area contributed by atoms with E-state index in [1.54, 1.807) is 0 Å². The maximum Gasteiger partial charge on any atom is 0.129 e. The van der Waals surface area contributed by atoms with Gasteiger partial charge in [-0.05, 0) is 24.0 Å². The second-order valence-electron chi connectivity index (χ2n) is 5.42. The molecule has 0 radical (unpaired) electrons. The van der Waals surface area contributed by atoms with Crippen LogP contribution in [0.1, 0.15) is 37.7 Å². The predicted octanol–water partition coefficient (Wildman–Crippen LogP) is 2.93. The molecule has 1 aromatic rings. The van der Waals surface area contributed by atoms with Crippen molar-refractivity contribution in [3.05, 3.63) is 29.8 Å². The van der Waals surface area contributed by atoms with Crippen molar-refractivity contribution in [1.29, 1.82) is 0 Å². The molecule has 2 nitrogen and oxygen atoms in total. The van der Waals surface area contributed by atoms with Gasteiger partial charge in [-0.1, -0.05) is 43.9 Å². The molecule has 1 N–H and O–H groups in total. The summed E-state index contributed by atoms with van der Waals surface area (Å²) in [6.07, 6.45) is 6.71. The summed E-state index contributed by atoms with van der Waals surface area (Å²) >= 11 is 0. The molecule has 1 aliphatic heterocycles. The average Bonchev–Trinajstić information content (AvgIpc) is 2.96. The highest BCUT2D eigenvalue weighted by Crippen LogP contribution is 2.34. The molecule has 1 aromatic carbocycles. The van der Waals surface area contributed by atoms with E-state index in [1.165, 1.54) is 31.2 Å². The van der Waals surface area contributed by atoms with Crippen LogP contribution in [-0.4, -0.2) is 17.3 Å². The third kappa shape index (κ3) is 2.32. The molecule has 0 bridgehead atoms. The van der Waals surface area contributed by atoms with Crippen molar-refractivity contribution in [3.8, 4) is 5.75 Å². The Labute approximate surface area is 103 Å². The summed E-state index contributed by atoms with van der Waals surface area (Å²) in [6, 6.07) is 8.12. The summed E-state index contributed by atoms with van der Waals surface area (Å²) in [5.74, 6) is 1.68. The second-order valence-corrected chi connectivity index (χ2v) is 5.42. The number of hydrogen-bond acceptors (Lipinski definition) is 2. The lowest BCUT2D eigenvalue weighted by Crippen LogP contribution is -2.31. The number of rotatable bonds is 3. The molecule has 2 unspecified atom stereocenters. The zero-order valence-electron chi connectivity index (χ0n) is 10.1. The van der Waals surface area contributed by atoms with E-state index in [0.717, 1.165) is 24.5 Å². The van der Waals surface area contributed by atoms with Crippen LogP contribution in [0, 0.1) is 5.92 Å². The molecule has 1 aliphatic carbocycles. The summed E-state index contributed by atoms with van der Waals surface area (Å²) in [5.41, 5.74) is 1.24. The van der Waals surface area contributed by atoms with E-state index in [2.05, 4.69) is 6.07 Å². The lowest BCUT2D eigenvalue weighted by Gasteiger charge is -2.21. The van der Waals surface area contributed by atoms with Crippen LogP contribution < -0.4 is 4.74 Å². The third-order valence-electron chi connectivity index (χ3n) is 4.15.